The molecule has 0 aliphatic rings. The van der Waals surface area contributed by atoms with Crippen LogP contribution in [-0.2, 0) is 9.53 Å². The summed E-state index contributed by atoms with van der Waals surface area (Å²) in [6.07, 6.45) is 0. The first-order chi connectivity index (χ1) is 14.9. The van der Waals surface area contributed by atoms with Gasteiger partial charge < -0.3 is 10.1 Å². The minimum atomic E-state index is -0.560. The van der Waals surface area contributed by atoms with Crippen molar-refractivity contribution in [3.63, 3.8) is 0 Å². The van der Waals surface area contributed by atoms with E-state index in [1.807, 2.05) is 61.7 Å². The zero-order valence-electron chi connectivity index (χ0n) is 17.4. The number of esters is 1. The van der Waals surface area contributed by atoms with Crippen molar-refractivity contribution < 1.29 is 14.3 Å². The maximum Gasteiger partial charge on any atom is 0.340 e. The van der Waals surface area contributed by atoms with E-state index in [4.69, 9.17) is 4.74 Å². The first-order valence-electron chi connectivity index (χ1n) is 9.78. The Morgan fingerprint density at radius 1 is 1.03 bits per heavy atom. The molecule has 31 heavy (non-hydrogen) atoms. The highest BCUT2D eigenvalue weighted by molar-refractivity contribution is 7.09. The normalized spacial score (nSPS) is 10.8. The van der Waals surface area contributed by atoms with Gasteiger partial charge >= 0.3 is 5.97 Å². The number of amides is 1. The molecule has 6 nitrogen and oxygen atoms in total. The monoisotopic (exact) mass is 431 g/mol. The molecule has 0 bridgehead atoms. The third-order valence-corrected chi connectivity index (χ3v) is 5.71. The zero-order valence-corrected chi connectivity index (χ0v) is 18.2. The van der Waals surface area contributed by atoms with Crippen molar-refractivity contribution in [1.29, 1.82) is 0 Å². The lowest BCUT2D eigenvalue weighted by Gasteiger charge is -2.12. The lowest BCUT2D eigenvalue weighted by Crippen LogP contribution is -2.22. The van der Waals surface area contributed by atoms with E-state index in [2.05, 4.69) is 15.3 Å². The number of hydrogen-bond donors (Lipinski definition) is 1. The molecule has 2 heterocycles. The Labute approximate surface area is 183 Å². The summed E-state index contributed by atoms with van der Waals surface area (Å²) in [5.74, 6) is -0.973. The number of nitrogens with zero attached hydrogens (tertiary/aromatic N) is 2. The van der Waals surface area contributed by atoms with E-state index in [1.54, 1.807) is 24.3 Å². The van der Waals surface area contributed by atoms with E-state index in [-0.39, 0.29) is 6.61 Å². The van der Waals surface area contributed by atoms with Gasteiger partial charge in [-0.2, -0.15) is 0 Å². The summed E-state index contributed by atoms with van der Waals surface area (Å²) in [5, 5.41) is 6.61. The highest BCUT2D eigenvalue weighted by Crippen LogP contribution is 2.25. The van der Waals surface area contributed by atoms with Crippen LogP contribution in [0.15, 0.2) is 53.9 Å². The Kier molecular flexibility index (Phi) is 5.77. The molecule has 2 aromatic heterocycles. The molecule has 0 atom stereocenters. The lowest BCUT2D eigenvalue weighted by atomic mass is 10.0. The molecule has 4 rings (SSSR count). The average molecular weight is 432 g/mol. The van der Waals surface area contributed by atoms with E-state index in [0.717, 1.165) is 32.7 Å². The summed E-state index contributed by atoms with van der Waals surface area (Å²) in [4.78, 5) is 34.0. The number of carbonyl (C=O) groups is 2. The van der Waals surface area contributed by atoms with Crippen molar-refractivity contribution in [2.75, 3.05) is 11.9 Å². The van der Waals surface area contributed by atoms with Crippen molar-refractivity contribution in [2.24, 2.45) is 0 Å². The van der Waals surface area contributed by atoms with E-state index in [1.165, 1.54) is 0 Å². The van der Waals surface area contributed by atoms with Crippen molar-refractivity contribution in [3.8, 4) is 11.3 Å². The number of nitrogens with one attached hydrogen (secondary N) is 1. The van der Waals surface area contributed by atoms with Crippen molar-refractivity contribution in [3.05, 3.63) is 75.7 Å². The number of anilines is 1. The number of fused-ring (bicyclic) bond motifs is 1. The Bertz CT molecular complexity index is 1300. The number of aromatic nitrogens is 2. The number of ether oxygens (including phenoxy) is 1. The molecular formula is C24H21N3O3S. The first kappa shape index (κ1) is 20.7. The van der Waals surface area contributed by atoms with Crippen LogP contribution in [0, 0.1) is 20.8 Å². The first-order valence-corrected chi connectivity index (χ1v) is 10.7. The van der Waals surface area contributed by atoms with Gasteiger partial charge in [-0.1, -0.05) is 30.3 Å². The second-order valence-electron chi connectivity index (χ2n) is 7.17. The summed E-state index contributed by atoms with van der Waals surface area (Å²) < 4.78 is 5.29. The molecule has 0 unspecified atom stereocenters. The third kappa shape index (κ3) is 4.46. The summed E-state index contributed by atoms with van der Waals surface area (Å²) in [6, 6.07) is 15.0. The third-order valence-electron chi connectivity index (χ3n) is 4.93. The minimum absolute atomic E-state index is 0.384. The molecule has 2 aromatic carbocycles. The Morgan fingerprint density at radius 2 is 1.84 bits per heavy atom. The summed E-state index contributed by atoms with van der Waals surface area (Å²) >= 11 is 1.57. The van der Waals surface area contributed by atoms with Gasteiger partial charge in [0.05, 0.1) is 27.5 Å². The number of carbonyl (C=O) groups excluding carboxylic acids is 2. The van der Waals surface area contributed by atoms with Gasteiger partial charge in [-0.25, -0.2) is 9.78 Å². The van der Waals surface area contributed by atoms with Gasteiger partial charge in [0.1, 0.15) is 0 Å². The SMILES string of the molecule is Cc1nc(-c2cccc(NC(=O)COC(=O)c3c(C)nc4ccccc4c3C)c2)cs1. The molecule has 0 aliphatic heterocycles. The van der Waals surface area contributed by atoms with Crippen LogP contribution in [0.2, 0.25) is 0 Å². The van der Waals surface area contributed by atoms with Gasteiger partial charge in [-0.3, -0.25) is 9.78 Å². The molecule has 1 N–H and O–H groups in total. The number of aryl methyl sites for hydroxylation is 3. The predicted octanol–water partition coefficient (Wildman–Crippen LogP) is 5.08. The summed E-state index contributed by atoms with van der Waals surface area (Å²) in [7, 11) is 0. The van der Waals surface area contributed by atoms with Gasteiger partial charge in [0.25, 0.3) is 5.91 Å². The zero-order chi connectivity index (χ0) is 22.0. The molecule has 4 aromatic rings. The van der Waals surface area contributed by atoms with Gasteiger partial charge in [-0.15, -0.1) is 11.3 Å². The molecule has 0 saturated heterocycles. The van der Waals surface area contributed by atoms with Gasteiger partial charge in [0.2, 0.25) is 0 Å². The van der Waals surface area contributed by atoms with Crippen LogP contribution < -0.4 is 5.32 Å². The van der Waals surface area contributed by atoms with E-state index >= 15 is 0 Å². The smallest absolute Gasteiger partial charge is 0.340 e. The molecule has 7 heteroatoms. The standard InChI is InChI=1S/C24H21N3O3S/c1-14-19-9-4-5-10-20(19)25-15(2)23(14)24(29)30-12-22(28)27-18-8-6-7-17(11-18)21-13-31-16(3)26-21/h4-11,13H,12H2,1-3H3,(H,27,28). The van der Waals surface area contributed by atoms with Crippen molar-refractivity contribution >= 4 is 39.8 Å². The molecular weight excluding hydrogens is 410 g/mol. The molecule has 156 valence electrons. The van der Waals surface area contributed by atoms with E-state index in [9.17, 15) is 9.59 Å². The number of hydrogen-bond acceptors (Lipinski definition) is 6. The minimum Gasteiger partial charge on any atom is -0.452 e. The fourth-order valence-electron chi connectivity index (χ4n) is 3.48. The molecule has 1 amide bonds. The maximum atomic E-state index is 12.7. The Hall–Kier alpha value is -3.58. The topological polar surface area (TPSA) is 81.2 Å². The van der Waals surface area contributed by atoms with Crippen LogP contribution in [0.5, 0.6) is 0 Å². The van der Waals surface area contributed by atoms with Crippen LogP contribution in [0.3, 0.4) is 0 Å². The van der Waals surface area contributed by atoms with Crippen molar-refractivity contribution in [1.82, 2.24) is 9.97 Å². The number of rotatable bonds is 5. The molecule has 0 spiro atoms. The van der Waals surface area contributed by atoms with Crippen LogP contribution in [0.4, 0.5) is 5.69 Å². The highest BCUT2D eigenvalue weighted by atomic mass is 32.1. The number of benzene rings is 2. The van der Waals surface area contributed by atoms with Crippen LogP contribution >= 0.6 is 11.3 Å². The van der Waals surface area contributed by atoms with Crippen LogP contribution in [0.1, 0.15) is 26.6 Å². The fourth-order valence-corrected chi connectivity index (χ4v) is 4.11. The van der Waals surface area contributed by atoms with Crippen LogP contribution in [-0.4, -0.2) is 28.5 Å². The van der Waals surface area contributed by atoms with Gasteiger partial charge in [0.15, 0.2) is 6.61 Å². The number of pyridine rings is 1. The predicted molar refractivity (Wildman–Crippen MR) is 122 cm³/mol. The lowest BCUT2D eigenvalue weighted by molar-refractivity contribution is -0.119. The molecule has 0 radical (unpaired) electrons. The largest absolute Gasteiger partial charge is 0.452 e. The van der Waals surface area contributed by atoms with E-state index < -0.39 is 11.9 Å². The Morgan fingerprint density at radius 3 is 2.61 bits per heavy atom. The second-order valence-corrected chi connectivity index (χ2v) is 8.23. The molecule has 0 aliphatic carbocycles. The van der Waals surface area contributed by atoms with Gasteiger partial charge in [0, 0.05) is 22.0 Å². The average Bonchev–Trinajstić information content (AvgIpc) is 3.19. The summed E-state index contributed by atoms with van der Waals surface area (Å²) in [5.41, 5.74) is 4.97. The number of thiazole rings is 1. The molecule has 0 saturated carbocycles. The van der Waals surface area contributed by atoms with Crippen LogP contribution in [0.25, 0.3) is 22.2 Å². The Balaban J connectivity index is 1.44. The molecule has 0 fully saturated rings. The summed E-state index contributed by atoms with van der Waals surface area (Å²) in [6.45, 7) is 5.19. The van der Waals surface area contributed by atoms with Gasteiger partial charge in [-0.05, 0) is 44.5 Å². The quantitative estimate of drug-likeness (QED) is 0.446. The highest BCUT2D eigenvalue weighted by Gasteiger charge is 2.19. The van der Waals surface area contributed by atoms with E-state index in [0.29, 0.717) is 16.9 Å². The maximum absolute atomic E-state index is 12.7. The number of para-hydroxylation sites is 1. The van der Waals surface area contributed by atoms with Crippen molar-refractivity contribution in [2.45, 2.75) is 20.8 Å². The fraction of sp³-hybridized carbons (Fsp3) is 0.167. The second kappa shape index (κ2) is 8.65.